The molecule has 0 saturated heterocycles. The highest BCUT2D eigenvalue weighted by atomic mass is 16.2. The lowest BCUT2D eigenvalue weighted by Gasteiger charge is -2.16. The number of nitrogens with zero attached hydrogens (tertiary/aromatic N) is 3. The van der Waals surface area contributed by atoms with E-state index >= 15 is 0 Å². The quantitative estimate of drug-likeness (QED) is 0.821. The standard InChI is InChI=1S/C19H25N3O/c1-14-18(11-12-19(23)21(3)13-16-9-10-16)15(2)22(20-14)17-7-5-4-6-8-17/h4-8,16H,9-13H2,1-3H3. The molecule has 0 aliphatic heterocycles. The maximum absolute atomic E-state index is 12.3. The zero-order valence-electron chi connectivity index (χ0n) is 14.2. The molecule has 2 aromatic rings. The maximum Gasteiger partial charge on any atom is 0.222 e. The van der Waals surface area contributed by atoms with Crippen molar-refractivity contribution in [3.63, 3.8) is 0 Å². The van der Waals surface area contributed by atoms with Crippen LogP contribution in [-0.2, 0) is 11.2 Å². The maximum atomic E-state index is 12.3. The van der Waals surface area contributed by atoms with E-state index < -0.39 is 0 Å². The molecule has 4 nitrogen and oxygen atoms in total. The van der Waals surface area contributed by atoms with Gasteiger partial charge in [0.2, 0.25) is 5.91 Å². The zero-order chi connectivity index (χ0) is 16.4. The molecule has 1 aromatic heterocycles. The number of aromatic nitrogens is 2. The van der Waals surface area contributed by atoms with Gasteiger partial charge < -0.3 is 4.90 Å². The second kappa shape index (κ2) is 6.57. The van der Waals surface area contributed by atoms with E-state index in [1.807, 2.05) is 41.8 Å². The first kappa shape index (κ1) is 15.8. The van der Waals surface area contributed by atoms with Gasteiger partial charge in [0.05, 0.1) is 11.4 Å². The molecule has 1 amide bonds. The van der Waals surface area contributed by atoms with E-state index in [1.54, 1.807) is 0 Å². The molecule has 0 unspecified atom stereocenters. The Kier molecular flexibility index (Phi) is 4.51. The number of aryl methyl sites for hydroxylation is 1. The van der Waals surface area contributed by atoms with E-state index in [0.717, 1.165) is 36.0 Å². The van der Waals surface area contributed by atoms with Crippen LogP contribution in [0.2, 0.25) is 0 Å². The summed E-state index contributed by atoms with van der Waals surface area (Å²) in [4.78, 5) is 14.2. The third-order valence-electron chi connectivity index (χ3n) is 4.69. The van der Waals surface area contributed by atoms with Gasteiger partial charge in [0.25, 0.3) is 0 Å². The molecule has 4 heteroatoms. The molecule has 1 saturated carbocycles. The summed E-state index contributed by atoms with van der Waals surface area (Å²) in [5, 5.41) is 4.65. The molecule has 0 bridgehead atoms. The summed E-state index contributed by atoms with van der Waals surface area (Å²) in [7, 11) is 1.92. The molecular weight excluding hydrogens is 286 g/mol. The molecule has 23 heavy (non-hydrogen) atoms. The smallest absolute Gasteiger partial charge is 0.222 e. The van der Waals surface area contributed by atoms with Gasteiger partial charge in [-0.05, 0) is 56.7 Å². The van der Waals surface area contributed by atoms with Crippen LogP contribution in [0.3, 0.4) is 0 Å². The van der Waals surface area contributed by atoms with Crippen molar-refractivity contribution in [2.24, 2.45) is 5.92 Å². The van der Waals surface area contributed by atoms with Crippen LogP contribution in [0.4, 0.5) is 0 Å². The van der Waals surface area contributed by atoms with Crippen LogP contribution in [-0.4, -0.2) is 34.2 Å². The highest BCUT2D eigenvalue weighted by Crippen LogP contribution is 2.29. The molecule has 1 heterocycles. The normalized spacial score (nSPS) is 14.0. The van der Waals surface area contributed by atoms with Gasteiger partial charge in [-0.3, -0.25) is 4.79 Å². The average Bonchev–Trinajstić information content (AvgIpc) is 3.32. The number of benzene rings is 1. The van der Waals surface area contributed by atoms with Crippen molar-refractivity contribution < 1.29 is 4.79 Å². The third kappa shape index (κ3) is 3.63. The van der Waals surface area contributed by atoms with E-state index in [9.17, 15) is 4.79 Å². The summed E-state index contributed by atoms with van der Waals surface area (Å²) in [5.74, 6) is 0.983. The summed E-state index contributed by atoms with van der Waals surface area (Å²) in [6.45, 7) is 5.03. The minimum absolute atomic E-state index is 0.239. The lowest BCUT2D eigenvalue weighted by molar-refractivity contribution is -0.130. The summed E-state index contributed by atoms with van der Waals surface area (Å²) in [5.41, 5.74) is 4.41. The second-order valence-electron chi connectivity index (χ2n) is 6.61. The number of hydrogen-bond donors (Lipinski definition) is 0. The first-order valence-corrected chi connectivity index (χ1v) is 8.40. The number of amides is 1. The van der Waals surface area contributed by atoms with Crippen molar-refractivity contribution in [2.75, 3.05) is 13.6 Å². The fraction of sp³-hybridized carbons (Fsp3) is 0.474. The van der Waals surface area contributed by atoms with Crippen LogP contribution >= 0.6 is 0 Å². The van der Waals surface area contributed by atoms with Crippen molar-refractivity contribution in [1.82, 2.24) is 14.7 Å². The monoisotopic (exact) mass is 311 g/mol. The van der Waals surface area contributed by atoms with Gasteiger partial charge in [-0.25, -0.2) is 4.68 Å². The molecule has 0 spiro atoms. The van der Waals surface area contributed by atoms with Crippen LogP contribution < -0.4 is 0 Å². The average molecular weight is 311 g/mol. The summed E-state index contributed by atoms with van der Waals surface area (Å²) in [6, 6.07) is 10.1. The fourth-order valence-corrected chi connectivity index (χ4v) is 3.07. The predicted octanol–water partition coefficient (Wildman–Crippen LogP) is 3.29. The molecule has 0 radical (unpaired) electrons. The number of rotatable bonds is 6. The Balaban J connectivity index is 1.68. The van der Waals surface area contributed by atoms with E-state index in [4.69, 9.17) is 0 Å². The van der Waals surface area contributed by atoms with Crippen LogP contribution in [0.1, 0.15) is 36.2 Å². The Labute approximate surface area is 138 Å². The number of carbonyl (C=O) groups excluding carboxylic acids is 1. The molecule has 1 fully saturated rings. The summed E-state index contributed by atoms with van der Waals surface area (Å²) >= 11 is 0. The number of carbonyl (C=O) groups is 1. The van der Waals surface area contributed by atoms with E-state index in [2.05, 4.69) is 24.2 Å². The predicted molar refractivity (Wildman–Crippen MR) is 91.7 cm³/mol. The summed E-state index contributed by atoms with van der Waals surface area (Å²) < 4.78 is 1.98. The fourth-order valence-electron chi connectivity index (χ4n) is 3.07. The van der Waals surface area contributed by atoms with E-state index in [-0.39, 0.29) is 5.91 Å². The Bertz CT molecular complexity index is 686. The Morgan fingerprint density at radius 2 is 1.96 bits per heavy atom. The second-order valence-corrected chi connectivity index (χ2v) is 6.61. The topological polar surface area (TPSA) is 38.1 Å². The molecule has 1 aromatic carbocycles. The van der Waals surface area contributed by atoms with Crippen molar-refractivity contribution >= 4 is 5.91 Å². The summed E-state index contributed by atoms with van der Waals surface area (Å²) in [6.07, 6.45) is 3.88. The minimum Gasteiger partial charge on any atom is -0.345 e. The molecule has 122 valence electrons. The Hall–Kier alpha value is -2.10. The van der Waals surface area contributed by atoms with Crippen molar-refractivity contribution in [3.05, 3.63) is 47.3 Å². The first-order chi connectivity index (χ1) is 11.1. The molecule has 1 aliphatic rings. The van der Waals surface area contributed by atoms with E-state index in [1.165, 1.54) is 18.4 Å². The molecule has 0 atom stereocenters. The minimum atomic E-state index is 0.239. The van der Waals surface area contributed by atoms with Gasteiger partial charge >= 0.3 is 0 Å². The largest absolute Gasteiger partial charge is 0.345 e. The van der Waals surface area contributed by atoms with Gasteiger partial charge in [0.15, 0.2) is 0 Å². The Morgan fingerprint density at radius 3 is 2.61 bits per heavy atom. The first-order valence-electron chi connectivity index (χ1n) is 8.40. The lowest BCUT2D eigenvalue weighted by atomic mass is 10.1. The molecule has 0 N–H and O–H groups in total. The van der Waals surface area contributed by atoms with Crippen molar-refractivity contribution in [2.45, 2.75) is 39.5 Å². The van der Waals surface area contributed by atoms with Gasteiger partial charge in [-0.1, -0.05) is 18.2 Å². The van der Waals surface area contributed by atoms with Gasteiger partial charge in [-0.2, -0.15) is 5.10 Å². The zero-order valence-corrected chi connectivity index (χ0v) is 14.2. The highest BCUT2D eigenvalue weighted by Gasteiger charge is 2.25. The number of hydrogen-bond acceptors (Lipinski definition) is 2. The third-order valence-corrected chi connectivity index (χ3v) is 4.69. The van der Waals surface area contributed by atoms with Gasteiger partial charge in [0.1, 0.15) is 0 Å². The number of para-hydroxylation sites is 1. The van der Waals surface area contributed by atoms with Gasteiger partial charge in [-0.15, -0.1) is 0 Å². The highest BCUT2D eigenvalue weighted by molar-refractivity contribution is 5.76. The van der Waals surface area contributed by atoms with Crippen molar-refractivity contribution in [1.29, 1.82) is 0 Å². The SMILES string of the molecule is Cc1nn(-c2ccccc2)c(C)c1CCC(=O)N(C)CC1CC1. The van der Waals surface area contributed by atoms with Crippen LogP contribution in [0, 0.1) is 19.8 Å². The van der Waals surface area contributed by atoms with Crippen LogP contribution in [0.15, 0.2) is 30.3 Å². The Morgan fingerprint density at radius 1 is 1.26 bits per heavy atom. The molecular formula is C19H25N3O. The van der Waals surface area contributed by atoms with E-state index in [0.29, 0.717) is 6.42 Å². The van der Waals surface area contributed by atoms with Crippen molar-refractivity contribution in [3.8, 4) is 5.69 Å². The molecule has 3 rings (SSSR count). The van der Waals surface area contributed by atoms with Crippen LogP contribution in [0.5, 0.6) is 0 Å². The van der Waals surface area contributed by atoms with Crippen LogP contribution in [0.25, 0.3) is 5.69 Å². The lowest BCUT2D eigenvalue weighted by Crippen LogP contribution is -2.28. The van der Waals surface area contributed by atoms with Gasteiger partial charge in [0, 0.05) is 25.7 Å². The molecule has 1 aliphatic carbocycles.